The predicted molar refractivity (Wildman–Crippen MR) is 114 cm³/mol. The molecular weight excluding hydrogens is 454 g/mol. The molecule has 2 heterocycles. The molecule has 0 aliphatic heterocycles. The minimum atomic E-state index is -0.814. The number of carbonyl (C=O) groups excluding carboxylic acids is 1. The summed E-state index contributed by atoms with van der Waals surface area (Å²) in [5.41, 5.74) is 7.24. The number of phenols is 1. The number of imidazole rings is 1. The molecule has 0 bridgehead atoms. The predicted octanol–water partition coefficient (Wildman–Crippen LogP) is 2.66. The number of ether oxygens (including phenoxy) is 1. The van der Waals surface area contributed by atoms with Gasteiger partial charge in [0.05, 0.1) is 17.3 Å². The number of fused-ring (bicyclic) bond motifs is 1. The smallest absolute Gasteiger partial charge is 0.332 e. The maximum absolute atomic E-state index is 12.7. The first-order valence-electron chi connectivity index (χ1n) is 8.76. The number of amides is 1. The second-order valence-corrected chi connectivity index (χ2v) is 7.43. The summed E-state index contributed by atoms with van der Waals surface area (Å²) in [4.78, 5) is 36.2. The van der Waals surface area contributed by atoms with Gasteiger partial charge in [-0.05, 0) is 52.7 Å². The molecule has 0 saturated carbocycles. The van der Waals surface area contributed by atoms with Crippen molar-refractivity contribution in [3.8, 4) is 28.6 Å². The average molecular weight is 470 g/mol. The summed E-state index contributed by atoms with van der Waals surface area (Å²) in [5, 5.41) is 10.1. The number of halogens is 1. The molecule has 0 aliphatic carbocycles. The van der Waals surface area contributed by atoms with Crippen LogP contribution in [0.3, 0.4) is 0 Å². The number of hydrogen-bond donors (Lipinski definition) is 3. The lowest BCUT2D eigenvalue weighted by molar-refractivity contribution is 0.0997. The second-order valence-electron chi connectivity index (χ2n) is 6.57. The molecule has 4 rings (SSSR count). The summed E-state index contributed by atoms with van der Waals surface area (Å²) in [6.07, 6.45) is 0. The van der Waals surface area contributed by atoms with E-state index in [4.69, 9.17) is 10.5 Å². The first kappa shape index (κ1) is 19.6. The average Bonchev–Trinajstić information content (AvgIpc) is 3.04. The van der Waals surface area contributed by atoms with Crippen molar-refractivity contribution in [2.45, 2.75) is 6.92 Å². The summed E-state index contributed by atoms with van der Waals surface area (Å²) >= 11 is 3.26. The number of methoxy groups -OCH3 is 1. The third-order valence-corrected chi connectivity index (χ3v) is 5.14. The van der Waals surface area contributed by atoms with E-state index in [9.17, 15) is 14.7 Å². The molecule has 30 heavy (non-hydrogen) atoms. The standard InChI is InChI=1S/C20H16BrN5O4/c1-9-4-3-5-11(6-9)26-19-15(24-20(26)29)14(17(22)28)23-18(25-19)10-7-12(21)16(27)13(8-10)30-2/h3-8,27H,1-2H3,(H2,22,28)(H,24,29). The maximum Gasteiger partial charge on any atom is 0.332 e. The van der Waals surface area contributed by atoms with Crippen LogP contribution in [-0.2, 0) is 0 Å². The van der Waals surface area contributed by atoms with Gasteiger partial charge >= 0.3 is 5.69 Å². The van der Waals surface area contributed by atoms with Crippen molar-refractivity contribution < 1.29 is 14.6 Å². The maximum atomic E-state index is 12.7. The van der Waals surface area contributed by atoms with Crippen LogP contribution in [0.4, 0.5) is 0 Å². The zero-order valence-corrected chi connectivity index (χ0v) is 17.5. The fourth-order valence-electron chi connectivity index (χ4n) is 3.16. The minimum absolute atomic E-state index is 0.0873. The number of rotatable bonds is 4. The van der Waals surface area contributed by atoms with Crippen LogP contribution in [0.2, 0.25) is 0 Å². The monoisotopic (exact) mass is 469 g/mol. The number of aryl methyl sites for hydroxylation is 1. The van der Waals surface area contributed by atoms with Crippen molar-refractivity contribution >= 4 is 33.0 Å². The van der Waals surface area contributed by atoms with Crippen LogP contribution in [0.15, 0.2) is 45.7 Å². The number of aromatic hydroxyl groups is 1. The molecule has 9 nitrogen and oxygen atoms in total. The van der Waals surface area contributed by atoms with Crippen molar-refractivity contribution in [1.29, 1.82) is 0 Å². The number of carbonyl (C=O) groups is 1. The van der Waals surface area contributed by atoms with E-state index in [2.05, 4.69) is 30.9 Å². The summed E-state index contributed by atoms with van der Waals surface area (Å²) in [5.74, 6) is -0.577. The molecule has 10 heteroatoms. The Hall–Kier alpha value is -3.66. The molecule has 4 N–H and O–H groups in total. The number of nitrogens with two attached hydrogens (primary N) is 1. The van der Waals surface area contributed by atoms with Crippen LogP contribution in [0, 0.1) is 6.92 Å². The van der Waals surface area contributed by atoms with E-state index in [1.807, 2.05) is 25.1 Å². The summed E-state index contributed by atoms with van der Waals surface area (Å²) in [7, 11) is 1.41. The Morgan fingerprint density at radius 2 is 2.03 bits per heavy atom. The fourth-order valence-corrected chi connectivity index (χ4v) is 3.60. The highest BCUT2D eigenvalue weighted by atomic mass is 79.9. The van der Waals surface area contributed by atoms with Crippen molar-refractivity contribution in [2.75, 3.05) is 7.11 Å². The molecule has 0 radical (unpaired) electrons. The van der Waals surface area contributed by atoms with Gasteiger partial charge in [-0.25, -0.2) is 19.3 Å². The highest BCUT2D eigenvalue weighted by Crippen LogP contribution is 2.38. The molecule has 0 spiro atoms. The van der Waals surface area contributed by atoms with Gasteiger partial charge in [0.25, 0.3) is 5.91 Å². The zero-order valence-electron chi connectivity index (χ0n) is 15.9. The molecule has 2 aromatic carbocycles. The first-order chi connectivity index (χ1) is 14.3. The molecule has 0 saturated heterocycles. The van der Waals surface area contributed by atoms with Gasteiger partial charge in [-0.15, -0.1) is 0 Å². The van der Waals surface area contributed by atoms with Gasteiger partial charge in [0, 0.05) is 5.56 Å². The number of nitrogens with one attached hydrogen (secondary N) is 1. The van der Waals surface area contributed by atoms with E-state index in [-0.39, 0.29) is 34.2 Å². The van der Waals surface area contributed by atoms with E-state index in [0.29, 0.717) is 15.7 Å². The van der Waals surface area contributed by atoms with Gasteiger partial charge in [0.1, 0.15) is 5.52 Å². The first-order valence-corrected chi connectivity index (χ1v) is 9.56. The van der Waals surface area contributed by atoms with Crippen LogP contribution >= 0.6 is 15.9 Å². The van der Waals surface area contributed by atoms with Gasteiger partial charge in [0.15, 0.2) is 28.7 Å². The number of aromatic amines is 1. The Balaban J connectivity index is 2.06. The highest BCUT2D eigenvalue weighted by molar-refractivity contribution is 9.10. The lowest BCUT2D eigenvalue weighted by Crippen LogP contribution is -2.15. The largest absolute Gasteiger partial charge is 0.503 e. The zero-order chi connectivity index (χ0) is 21.6. The van der Waals surface area contributed by atoms with Crippen molar-refractivity contribution in [3.05, 3.63) is 62.6 Å². The molecule has 0 fully saturated rings. The van der Waals surface area contributed by atoms with E-state index in [0.717, 1.165) is 5.56 Å². The van der Waals surface area contributed by atoms with Crippen LogP contribution in [-0.4, -0.2) is 37.6 Å². The van der Waals surface area contributed by atoms with Gasteiger partial charge in [-0.1, -0.05) is 12.1 Å². The Labute approximate surface area is 178 Å². The fraction of sp³-hybridized carbons (Fsp3) is 0.100. The number of hydrogen-bond acceptors (Lipinski definition) is 6. The van der Waals surface area contributed by atoms with E-state index in [1.165, 1.54) is 17.7 Å². The Morgan fingerprint density at radius 3 is 2.70 bits per heavy atom. The number of aromatic nitrogens is 4. The summed E-state index contributed by atoms with van der Waals surface area (Å²) in [6, 6.07) is 10.4. The Morgan fingerprint density at radius 1 is 1.27 bits per heavy atom. The molecule has 0 unspecified atom stereocenters. The Bertz CT molecular complexity index is 1380. The third kappa shape index (κ3) is 3.20. The van der Waals surface area contributed by atoms with E-state index < -0.39 is 11.6 Å². The van der Waals surface area contributed by atoms with Gasteiger partial charge in [-0.3, -0.25) is 4.79 Å². The molecule has 0 aliphatic rings. The number of primary amides is 1. The van der Waals surface area contributed by atoms with Gasteiger partial charge in [0.2, 0.25) is 0 Å². The number of nitrogens with zero attached hydrogens (tertiary/aromatic N) is 3. The number of H-pyrrole nitrogens is 1. The van der Waals surface area contributed by atoms with Crippen molar-refractivity contribution in [3.63, 3.8) is 0 Å². The molecule has 4 aromatic rings. The molecular formula is C20H16BrN5O4. The van der Waals surface area contributed by atoms with E-state index >= 15 is 0 Å². The topological polar surface area (TPSA) is 136 Å². The minimum Gasteiger partial charge on any atom is -0.503 e. The van der Waals surface area contributed by atoms with Gasteiger partial charge < -0.3 is 20.6 Å². The third-order valence-electron chi connectivity index (χ3n) is 4.54. The lowest BCUT2D eigenvalue weighted by atomic mass is 10.1. The lowest BCUT2D eigenvalue weighted by Gasteiger charge is -2.10. The molecule has 152 valence electrons. The van der Waals surface area contributed by atoms with Crippen LogP contribution in [0.5, 0.6) is 11.5 Å². The summed E-state index contributed by atoms with van der Waals surface area (Å²) < 4.78 is 6.88. The summed E-state index contributed by atoms with van der Waals surface area (Å²) in [6.45, 7) is 1.90. The normalized spacial score (nSPS) is 11.0. The molecule has 0 atom stereocenters. The van der Waals surface area contributed by atoms with Gasteiger partial charge in [-0.2, -0.15) is 0 Å². The van der Waals surface area contributed by atoms with Crippen molar-refractivity contribution in [2.24, 2.45) is 5.73 Å². The van der Waals surface area contributed by atoms with Crippen LogP contribution < -0.4 is 16.2 Å². The number of benzene rings is 2. The second kappa shape index (κ2) is 7.30. The quantitative estimate of drug-likeness (QED) is 0.420. The van der Waals surface area contributed by atoms with Crippen LogP contribution in [0.1, 0.15) is 16.1 Å². The number of phenolic OH excluding ortho intramolecular Hbond substituents is 1. The molecule has 1 amide bonds. The highest BCUT2D eigenvalue weighted by Gasteiger charge is 2.21. The molecule has 2 aromatic heterocycles. The Kier molecular flexibility index (Phi) is 4.78. The SMILES string of the molecule is COc1cc(-c2nc(C(N)=O)c3[nH]c(=O)n(-c4cccc(C)c4)c3n2)cc(Br)c1O. The van der Waals surface area contributed by atoms with E-state index in [1.54, 1.807) is 12.1 Å². The van der Waals surface area contributed by atoms with Crippen LogP contribution in [0.25, 0.3) is 28.2 Å². The van der Waals surface area contributed by atoms with Crippen molar-refractivity contribution in [1.82, 2.24) is 19.5 Å².